The summed E-state index contributed by atoms with van der Waals surface area (Å²) in [5, 5.41) is 2.16. The van der Waals surface area contributed by atoms with Crippen LogP contribution in [0.5, 0.6) is 0 Å². The van der Waals surface area contributed by atoms with Crippen molar-refractivity contribution in [1.29, 1.82) is 0 Å². The number of hydrogen-bond donors (Lipinski definition) is 0. The summed E-state index contributed by atoms with van der Waals surface area (Å²) in [6.45, 7) is 9.23. The fourth-order valence-electron chi connectivity index (χ4n) is 8.61. The number of nitrogens with zero attached hydrogens (tertiary/aromatic N) is 3. The first kappa shape index (κ1) is 29.1. The van der Waals surface area contributed by atoms with Crippen molar-refractivity contribution in [2.45, 2.75) is 44.9 Å². The highest BCUT2D eigenvalue weighted by atomic mass is 16.3. The van der Waals surface area contributed by atoms with E-state index in [1.807, 2.05) is 18.2 Å². The molecule has 0 N–H and O–H groups in total. The molecule has 0 saturated heterocycles. The predicted octanol–water partition coefficient (Wildman–Crippen LogP) is 11.8. The van der Waals surface area contributed by atoms with Crippen LogP contribution in [0, 0.1) is 0 Å². The van der Waals surface area contributed by atoms with E-state index in [-0.39, 0.29) is 10.8 Å². The molecule has 0 saturated carbocycles. The Bertz CT molecular complexity index is 2690. The Labute approximate surface area is 291 Å². The lowest BCUT2D eigenvalue weighted by Crippen LogP contribution is -2.18. The van der Waals surface area contributed by atoms with Crippen LogP contribution in [0.15, 0.2) is 132 Å². The second-order valence-corrected chi connectivity index (χ2v) is 14.5. The van der Waals surface area contributed by atoms with E-state index in [1.165, 1.54) is 44.5 Å². The third-order valence-electron chi connectivity index (χ3n) is 11.5. The van der Waals surface area contributed by atoms with Gasteiger partial charge in [0.25, 0.3) is 0 Å². The average Bonchev–Trinajstić information content (AvgIpc) is 3.74. The number of rotatable bonds is 4. The minimum Gasteiger partial charge on any atom is -0.455 e. The van der Waals surface area contributed by atoms with Gasteiger partial charge in [0.15, 0.2) is 17.5 Å². The molecular formula is C46H35N3O. The Kier molecular flexibility index (Phi) is 6.00. The summed E-state index contributed by atoms with van der Waals surface area (Å²) in [4.78, 5) is 15.4. The Morgan fingerprint density at radius 2 is 1.12 bits per heavy atom. The highest BCUT2D eigenvalue weighted by molar-refractivity contribution is 6.11. The lowest BCUT2D eigenvalue weighted by Gasteiger charge is -2.25. The molecule has 2 aliphatic rings. The maximum atomic E-state index is 6.81. The van der Waals surface area contributed by atoms with Crippen molar-refractivity contribution in [3.8, 4) is 56.4 Å². The largest absolute Gasteiger partial charge is 0.455 e. The van der Waals surface area contributed by atoms with Gasteiger partial charge in [0.05, 0.1) is 5.56 Å². The molecule has 0 aliphatic heterocycles. The Morgan fingerprint density at radius 3 is 1.90 bits per heavy atom. The van der Waals surface area contributed by atoms with Gasteiger partial charge in [-0.3, -0.25) is 0 Å². The second kappa shape index (κ2) is 10.3. The first-order valence-electron chi connectivity index (χ1n) is 17.5. The van der Waals surface area contributed by atoms with Gasteiger partial charge in [-0.05, 0) is 75.2 Å². The lowest BCUT2D eigenvalue weighted by atomic mass is 9.78. The molecule has 4 nitrogen and oxygen atoms in total. The lowest BCUT2D eigenvalue weighted by molar-refractivity contribution is 0.563. The minimum absolute atomic E-state index is 0.0680. The molecule has 0 amide bonds. The third-order valence-corrected chi connectivity index (χ3v) is 11.5. The van der Waals surface area contributed by atoms with E-state index < -0.39 is 0 Å². The fourth-order valence-corrected chi connectivity index (χ4v) is 8.61. The molecule has 0 fully saturated rings. The van der Waals surface area contributed by atoms with Gasteiger partial charge < -0.3 is 4.42 Å². The third kappa shape index (κ3) is 3.96. The normalized spacial score (nSPS) is 16.7. The summed E-state index contributed by atoms with van der Waals surface area (Å²) in [6, 6.07) is 45.3. The van der Waals surface area contributed by atoms with Gasteiger partial charge in [-0.25, -0.2) is 15.0 Å². The SMILES string of the molecule is CCC1(C)c2ccccc2-c2cc3c(cc21)oc1c(-c2nc(-c4ccccc4)nc(-c4ccc5c(c4)C(C)(C)c4ccccc4-5)n2)cccc13. The molecule has 2 aliphatic carbocycles. The van der Waals surface area contributed by atoms with Gasteiger partial charge in [-0.1, -0.05) is 131 Å². The quantitative estimate of drug-likeness (QED) is 0.191. The van der Waals surface area contributed by atoms with Gasteiger partial charge in [0.2, 0.25) is 0 Å². The summed E-state index contributed by atoms with van der Waals surface area (Å²) in [7, 11) is 0. The van der Waals surface area contributed by atoms with E-state index in [4.69, 9.17) is 19.4 Å². The number of aromatic nitrogens is 3. The molecule has 2 aromatic heterocycles. The standard InChI is InChI=1S/C46H35N3O/c1-5-46(4)37-21-12-10-17-30(37)34-25-35-32-18-13-19-33(41(32)50-40(35)26-39(34)46)44-48-42(27-14-7-6-8-15-27)47-43(49-44)28-22-23-31-29-16-9-11-20-36(29)45(2,3)38(31)24-28/h6-26H,5H2,1-4H3. The molecule has 1 atom stereocenters. The van der Waals surface area contributed by atoms with E-state index in [1.54, 1.807) is 0 Å². The Morgan fingerprint density at radius 1 is 0.480 bits per heavy atom. The summed E-state index contributed by atoms with van der Waals surface area (Å²) < 4.78 is 6.81. The first-order chi connectivity index (χ1) is 24.3. The van der Waals surface area contributed by atoms with E-state index in [2.05, 4.69) is 137 Å². The minimum atomic E-state index is -0.130. The van der Waals surface area contributed by atoms with E-state index in [0.29, 0.717) is 17.5 Å². The Balaban J connectivity index is 1.17. The number of furan rings is 1. The van der Waals surface area contributed by atoms with Crippen LogP contribution in [0.3, 0.4) is 0 Å². The maximum Gasteiger partial charge on any atom is 0.167 e. The van der Waals surface area contributed by atoms with Crippen LogP contribution < -0.4 is 0 Å². The molecule has 1 unspecified atom stereocenters. The van der Waals surface area contributed by atoms with Crippen molar-refractivity contribution in [3.05, 3.63) is 150 Å². The van der Waals surface area contributed by atoms with Crippen LogP contribution in [0.1, 0.15) is 56.4 Å². The second-order valence-electron chi connectivity index (χ2n) is 14.5. The van der Waals surface area contributed by atoms with Gasteiger partial charge in [-0.2, -0.15) is 0 Å². The fraction of sp³-hybridized carbons (Fsp3) is 0.152. The topological polar surface area (TPSA) is 51.8 Å². The van der Waals surface area contributed by atoms with Gasteiger partial charge in [0, 0.05) is 32.7 Å². The van der Waals surface area contributed by atoms with Crippen molar-refractivity contribution in [2.75, 3.05) is 0 Å². The van der Waals surface area contributed by atoms with E-state index >= 15 is 0 Å². The highest BCUT2D eigenvalue weighted by Crippen LogP contribution is 2.53. The summed E-state index contributed by atoms with van der Waals surface area (Å²) in [5.74, 6) is 1.87. The molecule has 10 rings (SSSR count). The number of benzene rings is 6. The van der Waals surface area contributed by atoms with Crippen LogP contribution in [-0.4, -0.2) is 15.0 Å². The molecule has 0 radical (unpaired) electrons. The van der Waals surface area contributed by atoms with Crippen LogP contribution in [0.4, 0.5) is 0 Å². The zero-order valence-electron chi connectivity index (χ0n) is 28.6. The monoisotopic (exact) mass is 645 g/mol. The molecule has 6 aromatic carbocycles. The van der Waals surface area contributed by atoms with Crippen LogP contribution in [0.2, 0.25) is 0 Å². The molecule has 240 valence electrons. The van der Waals surface area contributed by atoms with Crippen LogP contribution in [-0.2, 0) is 10.8 Å². The molecule has 4 heteroatoms. The molecule has 0 bridgehead atoms. The van der Waals surface area contributed by atoms with Crippen molar-refractivity contribution in [2.24, 2.45) is 0 Å². The van der Waals surface area contributed by atoms with E-state index in [0.717, 1.165) is 45.0 Å². The molecule has 8 aromatic rings. The highest BCUT2D eigenvalue weighted by Gasteiger charge is 2.39. The molecular weight excluding hydrogens is 611 g/mol. The summed E-state index contributed by atoms with van der Waals surface area (Å²) in [5.41, 5.74) is 14.8. The van der Waals surface area contributed by atoms with Crippen molar-refractivity contribution >= 4 is 21.9 Å². The summed E-state index contributed by atoms with van der Waals surface area (Å²) >= 11 is 0. The van der Waals surface area contributed by atoms with Crippen molar-refractivity contribution < 1.29 is 4.42 Å². The molecule has 50 heavy (non-hydrogen) atoms. The Hall–Kier alpha value is -5.87. The van der Waals surface area contributed by atoms with E-state index in [9.17, 15) is 0 Å². The van der Waals surface area contributed by atoms with Crippen molar-refractivity contribution in [3.63, 3.8) is 0 Å². The molecule has 2 heterocycles. The van der Waals surface area contributed by atoms with Gasteiger partial charge in [-0.15, -0.1) is 0 Å². The predicted molar refractivity (Wildman–Crippen MR) is 203 cm³/mol. The van der Waals surface area contributed by atoms with Gasteiger partial charge >= 0.3 is 0 Å². The number of para-hydroxylation sites is 1. The van der Waals surface area contributed by atoms with Crippen molar-refractivity contribution in [1.82, 2.24) is 15.0 Å². The zero-order valence-corrected chi connectivity index (χ0v) is 28.6. The maximum absolute atomic E-state index is 6.81. The number of hydrogen-bond acceptors (Lipinski definition) is 4. The average molecular weight is 646 g/mol. The zero-order chi connectivity index (χ0) is 33.8. The van der Waals surface area contributed by atoms with Crippen LogP contribution >= 0.6 is 0 Å². The molecule has 0 spiro atoms. The first-order valence-corrected chi connectivity index (χ1v) is 17.5. The smallest absolute Gasteiger partial charge is 0.167 e. The van der Waals surface area contributed by atoms with Crippen LogP contribution in [0.25, 0.3) is 78.4 Å². The van der Waals surface area contributed by atoms with Gasteiger partial charge in [0.1, 0.15) is 11.2 Å². The number of fused-ring (bicyclic) bond motifs is 9. The summed E-state index contributed by atoms with van der Waals surface area (Å²) in [6.07, 6.45) is 1.01.